The summed E-state index contributed by atoms with van der Waals surface area (Å²) < 4.78 is 105. The number of hydrogen-bond acceptors (Lipinski definition) is 4. The minimum absolute atomic E-state index is 0.00233. The predicted octanol–water partition coefficient (Wildman–Crippen LogP) is 7.60. The molecule has 0 heterocycles. The fourth-order valence-electron chi connectivity index (χ4n) is 3.41. The molecule has 0 atom stereocenters. The SMILES string of the molecule is CS/C(=C\c1ccccc1/C(C)=N\NS(=O)(=O)c1ccc(C)cc1)c1cc(C(F)(F)F)cc(C(F)(F)F)c1. The van der Waals surface area contributed by atoms with Gasteiger partial charge in [-0.3, -0.25) is 0 Å². The summed E-state index contributed by atoms with van der Waals surface area (Å²) in [6.07, 6.45) is -6.99. The van der Waals surface area contributed by atoms with E-state index in [1.165, 1.54) is 31.4 Å². The van der Waals surface area contributed by atoms with Crippen molar-refractivity contribution >= 4 is 38.5 Å². The quantitative estimate of drug-likeness (QED) is 0.137. The lowest BCUT2D eigenvalue weighted by Gasteiger charge is -2.15. The number of halogens is 6. The molecule has 38 heavy (non-hydrogen) atoms. The molecule has 3 aromatic carbocycles. The molecule has 4 nitrogen and oxygen atoms in total. The molecule has 0 aromatic heterocycles. The molecule has 0 radical (unpaired) electrons. The van der Waals surface area contributed by atoms with E-state index in [9.17, 15) is 34.8 Å². The third-order valence-corrected chi connectivity index (χ3v) is 7.41. The number of nitrogens with one attached hydrogen (secondary N) is 1. The maximum Gasteiger partial charge on any atom is 0.416 e. The number of nitrogens with zero attached hydrogens (tertiary/aromatic N) is 1. The number of alkyl halides is 6. The molecule has 12 heteroatoms. The molecule has 0 amide bonds. The maximum atomic E-state index is 13.4. The van der Waals surface area contributed by atoms with Gasteiger partial charge in [-0.05, 0) is 67.6 Å². The summed E-state index contributed by atoms with van der Waals surface area (Å²) in [5, 5.41) is 3.97. The van der Waals surface area contributed by atoms with Crippen LogP contribution in [0.4, 0.5) is 26.3 Å². The van der Waals surface area contributed by atoms with Crippen LogP contribution >= 0.6 is 11.8 Å². The van der Waals surface area contributed by atoms with Gasteiger partial charge in [-0.2, -0.15) is 44.7 Å². The van der Waals surface area contributed by atoms with Gasteiger partial charge in [0, 0.05) is 10.5 Å². The van der Waals surface area contributed by atoms with E-state index in [4.69, 9.17) is 0 Å². The number of hydrogen-bond donors (Lipinski definition) is 1. The molecule has 0 unspecified atom stereocenters. The van der Waals surface area contributed by atoms with Crippen LogP contribution in [0, 0.1) is 6.92 Å². The first-order valence-corrected chi connectivity index (χ1v) is 13.6. The summed E-state index contributed by atoms with van der Waals surface area (Å²) in [6.45, 7) is 3.33. The molecule has 0 aliphatic heterocycles. The Balaban J connectivity index is 2.04. The summed E-state index contributed by atoms with van der Waals surface area (Å²) in [7, 11) is -3.97. The van der Waals surface area contributed by atoms with Gasteiger partial charge in [0.25, 0.3) is 10.0 Å². The first kappa shape index (κ1) is 29.3. The topological polar surface area (TPSA) is 58.5 Å². The summed E-state index contributed by atoms with van der Waals surface area (Å²) in [6, 6.07) is 14.0. The van der Waals surface area contributed by atoms with Gasteiger partial charge >= 0.3 is 12.4 Å². The smallest absolute Gasteiger partial charge is 0.200 e. The second-order valence-electron chi connectivity index (χ2n) is 8.20. The normalized spacial score (nSPS) is 13.5. The number of hydrazone groups is 1. The van der Waals surface area contributed by atoms with Gasteiger partial charge in [0.15, 0.2) is 0 Å². The third-order valence-electron chi connectivity index (χ3n) is 5.39. The van der Waals surface area contributed by atoms with Crippen LogP contribution in [0.1, 0.15) is 40.3 Å². The molecule has 0 aliphatic carbocycles. The Kier molecular flexibility index (Phi) is 8.67. The van der Waals surface area contributed by atoms with E-state index < -0.39 is 33.5 Å². The average molecular weight is 573 g/mol. The number of sulfonamides is 1. The molecule has 0 aliphatic rings. The molecule has 3 rings (SSSR count). The highest BCUT2D eigenvalue weighted by molar-refractivity contribution is 8.07. The second-order valence-corrected chi connectivity index (χ2v) is 10.7. The van der Waals surface area contributed by atoms with Gasteiger partial charge in [-0.1, -0.05) is 42.0 Å². The van der Waals surface area contributed by atoms with Crippen molar-refractivity contribution in [1.29, 1.82) is 0 Å². The standard InChI is InChI=1S/C26H22F6N2O2S2/c1-16-8-10-22(11-9-16)38(35,36)34-33-17(2)23-7-5-4-6-18(23)14-24(37-3)19-12-20(25(27,28)29)15-21(13-19)26(30,31)32/h4-15,34H,1-3H3/b24-14-,33-17-. The highest BCUT2D eigenvalue weighted by Crippen LogP contribution is 2.39. The molecular formula is C26H22F6N2O2S2. The first-order chi connectivity index (χ1) is 17.6. The second kappa shape index (κ2) is 11.2. The van der Waals surface area contributed by atoms with E-state index in [0.717, 1.165) is 17.3 Å². The van der Waals surface area contributed by atoms with Gasteiger partial charge in [-0.15, -0.1) is 11.8 Å². The van der Waals surface area contributed by atoms with Crippen LogP contribution in [0.25, 0.3) is 11.0 Å². The van der Waals surface area contributed by atoms with E-state index >= 15 is 0 Å². The van der Waals surface area contributed by atoms with Crippen LogP contribution in [0.15, 0.2) is 76.7 Å². The van der Waals surface area contributed by atoms with Gasteiger partial charge in [0.2, 0.25) is 0 Å². The highest BCUT2D eigenvalue weighted by Gasteiger charge is 2.37. The zero-order chi connectivity index (χ0) is 28.3. The van der Waals surface area contributed by atoms with Crippen molar-refractivity contribution in [3.8, 4) is 0 Å². The third kappa shape index (κ3) is 7.19. The minimum Gasteiger partial charge on any atom is -0.200 e. The van der Waals surface area contributed by atoms with E-state index in [1.807, 2.05) is 6.92 Å². The lowest BCUT2D eigenvalue weighted by atomic mass is 10.0. The van der Waals surface area contributed by atoms with Crippen LogP contribution in [0.5, 0.6) is 0 Å². The fourth-order valence-corrected chi connectivity index (χ4v) is 4.87. The van der Waals surface area contributed by atoms with Gasteiger partial charge < -0.3 is 0 Å². The Hall–Kier alpha value is -3.25. The van der Waals surface area contributed by atoms with Crippen molar-refractivity contribution in [3.63, 3.8) is 0 Å². The molecule has 0 bridgehead atoms. The lowest BCUT2D eigenvalue weighted by Crippen LogP contribution is -2.20. The molecule has 202 valence electrons. The van der Waals surface area contributed by atoms with E-state index in [0.29, 0.717) is 23.3 Å². The van der Waals surface area contributed by atoms with Crippen LogP contribution < -0.4 is 4.83 Å². The number of rotatable bonds is 7. The van der Waals surface area contributed by atoms with Gasteiger partial charge in [0.05, 0.1) is 21.7 Å². The maximum absolute atomic E-state index is 13.4. The Morgan fingerprint density at radius 3 is 1.97 bits per heavy atom. The molecule has 0 saturated carbocycles. The molecule has 0 saturated heterocycles. The summed E-state index contributed by atoms with van der Waals surface area (Å²) in [5.41, 5.74) is -1.15. The summed E-state index contributed by atoms with van der Waals surface area (Å²) in [5.74, 6) is 0. The van der Waals surface area contributed by atoms with Crippen molar-refractivity contribution in [2.24, 2.45) is 5.10 Å². The predicted molar refractivity (Wildman–Crippen MR) is 138 cm³/mol. The number of thioether (sulfide) groups is 1. The van der Waals surface area contributed by atoms with Gasteiger partial charge in [-0.25, -0.2) is 0 Å². The van der Waals surface area contributed by atoms with Crippen LogP contribution in [-0.2, 0) is 22.4 Å². The minimum atomic E-state index is -4.98. The van der Waals surface area contributed by atoms with Gasteiger partial charge in [0.1, 0.15) is 0 Å². The fraction of sp³-hybridized carbons (Fsp3) is 0.192. The molecule has 0 spiro atoms. The van der Waals surface area contributed by atoms with Crippen molar-refractivity contribution in [2.45, 2.75) is 31.1 Å². The number of benzene rings is 3. The van der Waals surface area contributed by atoms with Crippen molar-refractivity contribution in [3.05, 3.63) is 100 Å². The Morgan fingerprint density at radius 2 is 1.45 bits per heavy atom. The lowest BCUT2D eigenvalue weighted by molar-refractivity contribution is -0.143. The number of aryl methyl sites for hydroxylation is 1. The molecular weight excluding hydrogens is 550 g/mol. The summed E-state index contributed by atoms with van der Waals surface area (Å²) in [4.78, 5) is 2.29. The van der Waals surface area contributed by atoms with Crippen LogP contribution in [0.2, 0.25) is 0 Å². The van der Waals surface area contributed by atoms with E-state index in [2.05, 4.69) is 9.93 Å². The Morgan fingerprint density at radius 1 is 0.895 bits per heavy atom. The Labute approximate surface area is 220 Å². The highest BCUT2D eigenvalue weighted by atomic mass is 32.2. The zero-order valence-electron chi connectivity index (χ0n) is 20.3. The van der Waals surface area contributed by atoms with Crippen LogP contribution in [-0.4, -0.2) is 20.4 Å². The Bertz CT molecular complexity index is 1440. The van der Waals surface area contributed by atoms with E-state index in [1.54, 1.807) is 36.4 Å². The first-order valence-electron chi connectivity index (χ1n) is 10.9. The molecule has 0 fully saturated rings. The average Bonchev–Trinajstić information content (AvgIpc) is 2.85. The molecule has 3 aromatic rings. The van der Waals surface area contributed by atoms with Crippen LogP contribution in [0.3, 0.4) is 0 Å². The van der Waals surface area contributed by atoms with E-state index in [-0.39, 0.29) is 27.1 Å². The largest absolute Gasteiger partial charge is 0.416 e. The summed E-state index contributed by atoms with van der Waals surface area (Å²) >= 11 is 0.968. The molecule has 1 N–H and O–H groups in total. The monoisotopic (exact) mass is 572 g/mol. The van der Waals surface area contributed by atoms with Crippen molar-refractivity contribution in [1.82, 2.24) is 4.83 Å². The van der Waals surface area contributed by atoms with Crippen molar-refractivity contribution < 1.29 is 34.8 Å². The van der Waals surface area contributed by atoms with Crippen molar-refractivity contribution in [2.75, 3.05) is 6.26 Å². The zero-order valence-corrected chi connectivity index (χ0v) is 21.9.